The fraction of sp³-hybridized carbons (Fsp3) is 0.471. The number of carbonyl (C=O) groups is 1. The van der Waals surface area contributed by atoms with Crippen LogP contribution in [-0.4, -0.2) is 30.9 Å². The number of hydrogen-bond acceptors (Lipinski definition) is 5. The summed E-state index contributed by atoms with van der Waals surface area (Å²) < 4.78 is 63.7. The third-order valence-electron chi connectivity index (χ3n) is 4.31. The van der Waals surface area contributed by atoms with Crippen LogP contribution in [0.3, 0.4) is 0 Å². The molecule has 3 N–H and O–H groups in total. The van der Waals surface area contributed by atoms with Crippen LogP contribution in [0.5, 0.6) is 5.75 Å². The van der Waals surface area contributed by atoms with Crippen LogP contribution in [0.4, 0.5) is 17.6 Å². The zero-order chi connectivity index (χ0) is 20.5. The first kappa shape index (κ1) is 20.7. The molecule has 28 heavy (non-hydrogen) atoms. The van der Waals surface area contributed by atoms with Crippen LogP contribution >= 0.6 is 11.6 Å². The number of amides is 1. The quantitative estimate of drug-likeness (QED) is 0.635. The number of benzene rings is 1. The van der Waals surface area contributed by atoms with Crippen molar-refractivity contribution in [1.82, 2.24) is 16.2 Å². The highest BCUT2D eigenvalue weighted by Gasteiger charge is 2.44. The number of allylic oxidation sites excluding steroid dienone is 1. The largest absolute Gasteiger partial charge is 0.453 e. The van der Waals surface area contributed by atoms with Crippen molar-refractivity contribution in [3.63, 3.8) is 0 Å². The van der Waals surface area contributed by atoms with Crippen molar-refractivity contribution in [2.24, 2.45) is 0 Å². The van der Waals surface area contributed by atoms with Gasteiger partial charge in [-0.2, -0.15) is 18.6 Å². The molecule has 1 fully saturated rings. The van der Waals surface area contributed by atoms with Gasteiger partial charge in [0.2, 0.25) is 0 Å². The van der Waals surface area contributed by atoms with Crippen molar-refractivity contribution in [3.05, 3.63) is 40.3 Å². The Morgan fingerprint density at radius 1 is 1.46 bits per heavy atom. The van der Waals surface area contributed by atoms with Crippen LogP contribution in [0.25, 0.3) is 0 Å². The first-order chi connectivity index (χ1) is 13.1. The first-order valence-electron chi connectivity index (χ1n) is 8.48. The van der Waals surface area contributed by atoms with Crippen molar-refractivity contribution >= 4 is 17.5 Å². The number of hydrazine groups is 1. The van der Waals surface area contributed by atoms with Gasteiger partial charge in [-0.05, 0) is 31.9 Å². The molecule has 2 heterocycles. The third-order valence-corrected chi connectivity index (χ3v) is 4.59. The molecule has 2 atom stereocenters. The van der Waals surface area contributed by atoms with E-state index in [1.54, 1.807) is 6.92 Å². The smallest absolute Gasteiger partial charge is 0.416 e. The van der Waals surface area contributed by atoms with Crippen LogP contribution in [0.1, 0.15) is 25.3 Å². The molecule has 11 heteroatoms. The molecule has 0 saturated carbocycles. The summed E-state index contributed by atoms with van der Waals surface area (Å²) >= 11 is 5.82. The Labute approximate surface area is 163 Å². The number of nitrogens with one attached hydrogen (secondary N) is 3. The SMILES string of the molecule is CC1=CC(Oc2c(F)cc(C(F)(F)F)cc2Cl)(C(=O)NCC2CCCO2)NN1. The van der Waals surface area contributed by atoms with Gasteiger partial charge in [0.25, 0.3) is 11.6 Å². The Balaban J connectivity index is 1.84. The Bertz CT molecular complexity index is 773. The maximum atomic E-state index is 14.3. The predicted molar refractivity (Wildman–Crippen MR) is 91.8 cm³/mol. The third kappa shape index (κ3) is 4.34. The van der Waals surface area contributed by atoms with E-state index in [0.29, 0.717) is 18.4 Å². The maximum Gasteiger partial charge on any atom is 0.416 e. The lowest BCUT2D eigenvalue weighted by Gasteiger charge is -2.28. The summed E-state index contributed by atoms with van der Waals surface area (Å²) in [6, 6.07) is 0.801. The van der Waals surface area contributed by atoms with Gasteiger partial charge in [-0.25, -0.2) is 4.39 Å². The number of rotatable bonds is 5. The second-order valence-electron chi connectivity index (χ2n) is 6.53. The summed E-state index contributed by atoms with van der Waals surface area (Å²) in [5.74, 6) is -2.70. The highest BCUT2D eigenvalue weighted by atomic mass is 35.5. The average Bonchev–Trinajstić information content (AvgIpc) is 3.25. The number of halogens is 5. The molecule has 154 valence electrons. The van der Waals surface area contributed by atoms with Crippen molar-refractivity contribution in [3.8, 4) is 5.75 Å². The van der Waals surface area contributed by atoms with Crippen molar-refractivity contribution in [2.75, 3.05) is 13.2 Å². The van der Waals surface area contributed by atoms with Gasteiger partial charge in [0.15, 0.2) is 11.6 Å². The Morgan fingerprint density at radius 2 is 2.21 bits per heavy atom. The lowest BCUT2D eigenvalue weighted by Crippen LogP contribution is -2.60. The van der Waals surface area contributed by atoms with Gasteiger partial charge < -0.3 is 20.2 Å². The summed E-state index contributed by atoms with van der Waals surface area (Å²) in [7, 11) is 0. The average molecular weight is 424 g/mol. The van der Waals surface area contributed by atoms with Crippen LogP contribution in [0.2, 0.25) is 5.02 Å². The number of carbonyl (C=O) groups excluding carboxylic acids is 1. The Morgan fingerprint density at radius 3 is 2.75 bits per heavy atom. The molecule has 0 aliphatic carbocycles. The monoisotopic (exact) mass is 423 g/mol. The lowest BCUT2D eigenvalue weighted by molar-refractivity contribution is -0.138. The molecule has 6 nitrogen and oxygen atoms in total. The normalized spacial score (nSPS) is 24.6. The minimum absolute atomic E-state index is 0.146. The molecular weight excluding hydrogens is 406 g/mol. The zero-order valence-corrected chi connectivity index (χ0v) is 15.5. The molecule has 0 aromatic heterocycles. The van der Waals surface area contributed by atoms with E-state index in [-0.39, 0.29) is 18.7 Å². The topological polar surface area (TPSA) is 71.6 Å². The summed E-state index contributed by atoms with van der Waals surface area (Å²) in [6.07, 6.45) is -1.91. The number of hydrogen-bond donors (Lipinski definition) is 3. The highest BCUT2D eigenvalue weighted by Crippen LogP contribution is 2.38. The van der Waals surface area contributed by atoms with Gasteiger partial charge in [-0.15, -0.1) is 0 Å². The van der Waals surface area contributed by atoms with Gasteiger partial charge in [0, 0.05) is 24.9 Å². The number of alkyl halides is 3. The molecule has 2 aliphatic rings. The van der Waals surface area contributed by atoms with E-state index >= 15 is 0 Å². The molecule has 1 aromatic rings. The fourth-order valence-electron chi connectivity index (χ4n) is 2.92. The maximum absolute atomic E-state index is 14.3. The molecule has 1 aromatic carbocycles. The molecule has 2 unspecified atom stereocenters. The van der Waals surface area contributed by atoms with Crippen LogP contribution < -0.4 is 20.9 Å². The van der Waals surface area contributed by atoms with E-state index in [0.717, 1.165) is 12.8 Å². The minimum atomic E-state index is -4.77. The van der Waals surface area contributed by atoms with E-state index in [2.05, 4.69) is 16.2 Å². The van der Waals surface area contributed by atoms with E-state index in [1.165, 1.54) is 6.08 Å². The van der Waals surface area contributed by atoms with Gasteiger partial charge in [-0.1, -0.05) is 11.6 Å². The van der Waals surface area contributed by atoms with E-state index in [1.807, 2.05) is 0 Å². The van der Waals surface area contributed by atoms with Crippen molar-refractivity contribution < 1.29 is 31.8 Å². The molecule has 1 saturated heterocycles. The molecule has 0 bridgehead atoms. The van der Waals surface area contributed by atoms with E-state index in [4.69, 9.17) is 21.1 Å². The fourth-order valence-corrected chi connectivity index (χ4v) is 3.16. The van der Waals surface area contributed by atoms with E-state index in [9.17, 15) is 22.4 Å². The molecule has 0 spiro atoms. The highest BCUT2D eigenvalue weighted by molar-refractivity contribution is 6.32. The molecule has 1 amide bonds. The standard InChI is InChI=1S/C17H18ClF4N3O3/c1-9-7-16(25-24-9,15(26)23-8-11-3-2-4-27-11)28-14-12(18)5-10(6-13(14)19)17(20,21)22/h5-7,11,24-25H,2-4,8H2,1H3,(H,23,26). The van der Waals surface area contributed by atoms with Gasteiger partial charge >= 0.3 is 6.18 Å². The molecule has 0 radical (unpaired) electrons. The summed E-state index contributed by atoms with van der Waals surface area (Å²) in [5.41, 5.74) is 2.58. The second kappa shape index (κ2) is 7.76. The van der Waals surface area contributed by atoms with E-state index < -0.39 is 40.0 Å². The Hall–Kier alpha value is -2.04. The van der Waals surface area contributed by atoms with Crippen molar-refractivity contribution in [1.29, 1.82) is 0 Å². The zero-order valence-electron chi connectivity index (χ0n) is 14.8. The van der Waals surface area contributed by atoms with Crippen LogP contribution in [0, 0.1) is 5.82 Å². The first-order valence-corrected chi connectivity index (χ1v) is 8.86. The minimum Gasteiger partial charge on any atom is -0.453 e. The summed E-state index contributed by atoms with van der Waals surface area (Å²) in [6.45, 7) is 2.44. The lowest BCUT2D eigenvalue weighted by atomic mass is 10.1. The second-order valence-corrected chi connectivity index (χ2v) is 6.93. The predicted octanol–water partition coefficient (Wildman–Crippen LogP) is 2.88. The van der Waals surface area contributed by atoms with Crippen molar-refractivity contribution in [2.45, 2.75) is 37.8 Å². The molecule has 2 aliphatic heterocycles. The number of ether oxygens (including phenoxy) is 2. The Kier molecular flexibility index (Phi) is 5.74. The van der Waals surface area contributed by atoms with Gasteiger partial charge in [0.1, 0.15) is 0 Å². The summed E-state index contributed by atoms with van der Waals surface area (Å²) in [5, 5.41) is 2.03. The van der Waals surface area contributed by atoms with Crippen LogP contribution in [-0.2, 0) is 15.7 Å². The molecular formula is C17H18ClF4N3O3. The van der Waals surface area contributed by atoms with Gasteiger partial charge in [-0.3, -0.25) is 4.79 Å². The summed E-state index contributed by atoms with van der Waals surface area (Å²) in [4.78, 5) is 12.7. The molecule has 3 rings (SSSR count). The van der Waals surface area contributed by atoms with Gasteiger partial charge in [0.05, 0.1) is 16.7 Å². The van der Waals surface area contributed by atoms with Crippen LogP contribution in [0.15, 0.2) is 23.9 Å².